The summed E-state index contributed by atoms with van der Waals surface area (Å²) in [5.41, 5.74) is 6.90. The van der Waals surface area contributed by atoms with Gasteiger partial charge < -0.3 is 26.1 Å². The number of para-hydroxylation sites is 4. The van der Waals surface area contributed by atoms with Crippen LogP contribution in [0.3, 0.4) is 0 Å². The number of benzene rings is 2. The van der Waals surface area contributed by atoms with Gasteiger partial charge in [0, 0.05) is 56.3 Å². The fourth-order valence-electron chi connectivity index (χ4n) is 8.78. The summed E-state index contributed by atoms with van der Waals surface area (Å²) in [4.78, 5) is 0. The molecule has 2 aliphatic rings. The van der Waals surface area contributed by atoms with Gasteiger partial charge in [-0.25, -0.2) is 0 Å². The first-order chi connectivity index (χ1) is 24.8. The summed E-state index contributed by atoms with van der Waals surface area (Å²) in [7, 11) is -8.10. The van der Waals surface area contributed by atoms with Gasteiger partial charge in [0.15, 0.2) is 0 Å². The van der Waals surface area contributed by atoms with Crippen molar-refractivity contribution in [2.24, 2.45) is 21.7 Å². The maximum atomic E-state index is 3.09. The van der Waals surface area contributed by atoms with Gasteiger partial charge in [0.25, 0.3) is 0 Å². The van der Waals surface area contributed by atoms with Gasteiger partial charge in [0.2, 0.25) is 0 Å². The van der Waals surface area contributed by atoms with E-state index >= 15 is 0 Å². The topological polar surface area (TPSA) is 19.4 Å². The van der Waals surface area contributed by atoms with Crippen LogP contribution in [0.25, 0.3) is 0 Å². The first kappa shape index (κ1) is 52.9. The van der Waals surface area contributed by atoms with Gasteiger partial charge in [-0.15, -0.1) is 0 Å². The number of anilines is 4. The average Bonchev–Trinajstić information content (AvgIpc) is 3.35. The Kier molecular flexibility index (Phi) is 16.9. The van der Waals surface area contributed by atoms with Gasteiger partial charge in [-0.2, -0.15) is 0 Å². The first-order valence-corrected chi connectivity index (χ1v) is 37.9. The zero-order valence-electron chi connectivity index (χ0n) is 41.6. The second-order valence-corrected chi connectivity index (χ2v) is 51.6. The third kappa shape index (κ3) is 14.4. The SMILES string of the molecule is CC(C)(C)CN1c2ccccc2N(CC(C)(C)C)[Si]1N([Si](C)(C)C)[Si](C)(C)C.CC(C)(C)CN1c2ccccc2N(CC(C)(C)C)[Si]1N([Si](C)(C)C)[Si](C)(C)C.[HH].[HH].[Pb]. The molecule has 6 nitrogen and oxygen atoms in total. The predicted octanol–water partition coefficient (Wildman–Crippen LogP) is 12.8. The maximum Gasteiger partial charge on any atom is 0.385 e. The van der Waals surface area contributed by atoms with Crippen LogP contribution in [-0.4, -0.2) is 113 Å². The summed E-state index contributed by atoms with van der Waals surface area (Å²) in [5.74, 6) is 0. The first-order valence-electron chi connectivity index (χ1n) is 21.5. The number of fused-ring (bicyclic) bond motifs is 2. The number of hydrogen-bond acceptors (Lipinski definition) is 6. The van der Waals surface area contributed by atoms with Crippen LogP contribution in [-0.2, 0) is 0 Å². The summed E-state index contributed by atoms with van der Waals surface area (Å²) >= 11 is 0. The van der Waals surface area contributed by atoms with E-state index in [9.17, 15) is 0 Å². The van der Waals surface area contributed by atoms with Crippen molar-refractivity contribution in [1.82, 2.24) is 7.79 Å². The Labute approximate surface area is 385 Å². The van der Waals surface area contributed by atoms with Crippen molar-refractivity contribution in [3.8, 4) is 0 Å². The Balaban J connectivity index is 0.00000109. The van der Waals surface area contributed by atoms with Crippen LogP contribution in [0.4, 0.5) is 22.7 Å². The Morgan fingerprint density at radius 3 is 0.667 bits per heavy atom. The normalized spacial score (nSPS) is 16.6. The second-order valence-electron chi connectivity index (χ2n) is 25.5. The summed E-state index contributed by atoms with van der Waals surface area (Å²) in [6, 6.07) is 18.3. The monoisotopic (exact) mass is 1080 g/mol. The molecule has 0 atom stereocenters. The van der Waals surface area contributed by atoms with E-state index in [1.54, 1.807) is 0 Å². The van der Waals surface area contributed by atoms with Crippen LogP contribution in [0.2, 0.25) is 78.6 Å². The Morgan fingerprint density at radius 2 is 0.544 bits per heavy atom. The molecular weight excluding hydrogens is 988 g/mol. The van der Waals surface area contributed by atoms with Gasteiger partial charge in [0.05, 0.1) is 22.7 Å². The molecule has 0 saturated carbocycles. The summed E-state index contributed by atoms with van der Waals surface area (Å²) in [5, 5.41) is 0. The van der Waals surface area contributed by atoms with E-state index in [0.717, 1.165) is 26.2 Å². The Morgan fingerprint density at radius 1 is 0.386 bits per heavy atom. The van der Waals surface area contributed by atoms with Gasteiger partial charge in [0.1, 0.15) is 32.9 Å². The van der Waals surface area contributed by atoms with Crippen molar-refractivity contribution < 1.29 is 2.85 Å². The van der Waals surface area contributed by atoms with E-state index in [4.69, 9.17) is 0 Å². The fraction of sp³-hybridized carbons (Fsp3) is 0.727. The second kappa shape index (κ2) is 18.2. The zero-order valence-corrected chi connectivity index (χ0v) is 51.5. The summed E-state index contributed by atoms with van der Waals surface area (Å²) < 4.78 is 17.5. The molecule has 0 saturated heterocycles. The van der Waals surface area contributed by atoms with E-state index < -0.39 is 51.5 Å². The van der Waals surface area contributed by atoms with Crippen LogP contribution < -0.4 is 18.3 Å². The summed E-state index contributed by atoms with van der Waals surface area (Å²) in [6.45, 7) is 63.7. The van der Waals surface area contributed by atoms with Gasteiger partial charge in [-0.3, -0.25) is 0 Å². The van der Waals surface area contributed by atoms with Crippen LogP contribution >= 0.6 is 0 Å². The molecular formula is C44H92N6PbSi6. The van der Waals surface area contributed by atoms with Crippen LogP contribution in [0.1, 0.15) is 85.9 Å². The fourth-order valence-corrected chi connectivity index (χ4v) is 43.0. The molecule has 57 heavy (non-hydrogen) atoms. The standard InChI is InChI=1S/2C22H44N3Si3.Pb.2H2/c2*1-21(2,3)17-23-19-15-13-14-16-20(19)24(18-22(4,5)6)26(23)25(27(7,8)9)28(10,11)12;;;/h2*13-16H,17-18H2,1-12H3;;2*1H. The molecule has 2 heterocycles. The molecule has 0 N–H and O–H groups in total. The van der Waals surface area contributed by atoms with E-state index in [1.165, 1.54) is 22.7 Å². The van der Waals surface area contributed by atoms with Gasteiger partial charge >= 0.3 is 18.6 Å². The van der Waals surface area contributed by atoms with Crippen molar-refractivity contribution >= 4 is 102 Å². The minimum absolute atomic E-state index is 0. The van der Waals surface area contributed by atoms with Crippen LogP contribution in [0.15, 0.2) is 48.5 Å². The molecule has 2 aliphatic heterocycles. The van der Waals surface area contributed by atoms with Gasteiger partial charge in [-0.05, 0) is 45.9 Å². The number of rotatable bonds is 10. The van der Waals surface area contributed by atoms with Crippen LogP contribution in [0.5, 0.6) is 0 Å². The Bertz CT molecular complexity index is 1380. The minimum atomic E-state index is -1.50. The quantitative estimate of drug-likeness (QED) is 0.219. The van der Waals surface area contributed by atoms with Crippen molar-refractivity contribution in [3.05, 3.63) is 48.5 Å². The molecule has 326 valence electrons. The smallest absolute Gasteiger partial charge is 0.366 e. The molecule has 0 fully saturated rings. The average molecular weight is 1080 g/mol. The molecule has 0 aromatic heterocycles. The molecule has 13 heteroatoms. The molecule has 0 spiro atoms. The van der Waals surface area contributed by atoms with E-state index in [0.29, 0.717) is 0 Å². The maximum absolute atomic E-state index is 3.09. The molecule has 0 unspecified atom stereocenters. The summed E-state index contributed by atoms with van der Waals surface area (Å²) in [6.07, 6.45) is 0. The van der Waals surface area contributed by atoms with Crippen molar-refractivity contribution in [1.29, 1.82) is 0 Å². The molecule has 2 aromatic rings. The molecule has 4 rings (SSSR count). The predicted molar refractivity (Wildman–Crippen MR) is 279 cm³/mol. The van der Waals surface area contributed by atoms with Crippen LogP contribution in [0, 0.1) is 21.7 Å². The Hall–Kier alpha value is -0.217. The van der Waals surface area contributed by atoms with E-state index in [1.807, 2.05) is 0 Å². The van der Waals surface area contributed by atoms with Crippen molar-refractivity contribution in [3.63, 3.8) is 0 Å². The molecule has 0 bridgehead atoms. The largest absolute Gasteiger partial charge is 0.385 e. The minimum Gasteiger partial charge on any atom is -0.366 e. The molecule has 2 aromatic carbocycles. The number of hydrogen-bond donors (Lipinski definition) is 0. The third-order valence-electron chi connectivity index (χ3n) is 9.51. The molecule has 0 aliphatic carbocycles. The third-order valence-corrected chi connectivity index (χ3v) is 37.7. The van der Waals surface area contributed by atoms with Crippen molar-refractivity contribution in [2.75, 3.05) is 44.4 Å². The number of nitrogens with zero attached hydrogens (tertiary/aromatic N) is 6. The molecule has 0 amide bonds. The zero-order chi connectivity index (χ0) is 43.4. The van der Waals surface area contributed by atoms with Gasteiger partial charge in [-0.1, -0.05) is 186 Å². The molecule has 6 radical (unpaired) electrons. The van der Waals surface area contributed by atoms with Crippen molar-refractivity contribution in [2.45, 2.75) is 162 Å². The van der Waals surface area contributed by atoms with E-state index in [2.05, 4.69) is 236 Å². The van der Waals surface area contributed by atoms with E-state index in [-0.39, 0.29) is 51.8 Å².